The molecular weight excluding hydrogens is 250 g/mol. The zero-order valence-electron chi connectivity index (χ0n) is 11.0. The molecule has 1 aromatic heterocycles. The number of carbonyl (C=O) groups is 2. The summed E-state index contributed by atoms with van der Waals surface area (Å²) in [5.41, 5.74) is 0.778. The maximum absolute atomic E-state index is 12.3. The van der Waals surface area contributed by atoms with E-state index in [1.54, 1.807) is 0 Å². The van der Waals surface area contributed by atoms with E-state index >= 15 is 0 Å². The Morgan fingerprint density at radius 3 is 2.84 bits per heavy atom. The summed E-state index contributed by atoms with van der Waals surface area (Å²) in [6.45, 7) is 4.41. The molecule has 2 heterocycles. The van der Waals surface area contributed by atoms with E-state index in [1.807, 2.05) is 19.9 Å². The van der Waals surface area contributed by atoms with Crippen molar-refractivity contribution in [3.63, 3.8) is 0 Å². The van der Waals surface area contributed by atoms with Gasteiger partial charge in [-0.1, -0.05) is 6.92 Å². The Bertz CT molecular complexity index is 493. The van der Waals surface area contributed by atoms with Gasteiger partial charge in [-0.05, 0) is 13.0 Å². The maximum Gasteiger partial charge on any atom is 0.334 e. The molecule has 1 amide bonds. The molecule has 1 atom stereocenters. The Morgan fingerprint density at radius 1 is 1.53 bits per heavy atom. The fraction of sp³-hybridized carbons (Fsp3) is 0.538. The zero-order chi connectivity index (χ0) is 14.0. The van der Waals surface area contributed by atoms with E-state index in [2.05, 4.69) is 0 Å². The SMILES string of the molecule is CCc1cc(C)c(C(=O)N2CCOC(C(=O)O)C2)o1. The number of amides is 1. The van der Waals surface area contributed by atoms with Crippen LogP contribution in [0.3, 0.4) is 0 Å². The summed E-state index contributed by atoms with van der Waals surface area (Å²) >= 11 is 0. The molecule has 1 unspecified atom stereocenters. The third-order valence-electron chi connectivity index (χ3n) is 3.14. The van der Waals surface area contributed by atoms with Gasteiger partial charge in [-0.25, -0.2) is 4.79 Å². The van der Waals surface area contributed by atoms with Gasteiger partial charge in [-0.2, -0.15) is 0 Å². The third-order valence-corrected chi connectivity index (χ3v) is 3.14. The summed E-state index contributed by atoms with van der Waals surface area (Å²) in [6, 6.07) is 1.84. The number of morpholine rings is 1. The van der Waals surface area contributed by atoms with Crippen LogP contribution in [0.25, 0.3) is 0 Å². The Kier molecular flexibility index (Phi) is 3.90. The van der Waals surface area contributed by atoms with Crippen LogP contribution in [-0.2, 0) is 16.0 Å². The van der Waals surface area contributed by atoms with Gasteiger partial charge in [0.05, 0.1) is 13.2 Å². The normalized spacial score (nSPS) is 19.5. The molecule has 1 N–H and O–H groups in total. The maximum atomic E-state index is 12.3. The summed E-state index contributed by atoms with van der Waals surface area (Å²) in [4.78, 5) is 24.7. The van der Waals surface area contributed by atoms with E-state index in [4.69, 9.17) is 14.3 Å². The van der Waals surface area contributed by atoms with Gasteiger partial charge >= 0.3 is 5.97 Å². The van der Waals surface area contributed by atoms with Crippen LogP contribution in [0.15, 0.2) is 10.5 Å². The smallest absolute Gasteiger partial charge is 0.334 e. The zero-order valence-corrected chi connectivity index (χ0v) is 11.0. The molecule has 0 bridgehead atoms. The van der Waals surface area contributed by atoms with Crippen molar-refractivity contribution in [2.45, 2.75) is 26.4 Å². The van der Waals surface area contributed by atoms with Crippen molar-refractivity contribution in [2.24, 2.45) is 0 Å². The number of furan rings is 1. The first-order valence-corrected chi connectivity index (χ1v) is 6.26. The quantitative estimate of drug-likeness (QED) is 0.886. The number of hydrogen-bond donors (Lipinski definition) is 1. The summed E-state index contributed by atoms with van der Waals surface area (Å²) < 4.78 is 10.6. The van der Waals surface area contributed by atoms with Gasteiger partial charge in [0.1, 0.15) is 5.76 Å². The van der Waals surface area contributed by atoms with Crippen molar-refractivity contribution in [2.75, 3.05) is 19.7 Å². The summed E-state index contributed by atoms with van der Waals surface area (Å²) in [5.74, 6) is -0.276. The fourth-order valence-electron chi connectivity index (χ4n) is 2.06. The first kappa shape index (κ1) is 13.6. The molecular formula is C13H17NO5. The molecule has 2 rings (SSSR count). The number of rotatable bonds is 3. The second-order valence-corrected chi connectivity index (χ2v) is 4.53. The van der Waals surface area contributed by atoms with Crippen molar-refractivity contribution < 1.29 is 23.8 Å². The molecule has 1 aliphatic heterocycles. The van der Waals surface area contributed by atoms with Crippen LogP contribution in [0.1, 0.15) is 28.8 Å². The average molecular weight is 267 g/mol. The van der Waals surface area contributed by atoms with Crippen LogP contribution >= 0.6 is 0 Å². The van der Waals surface area contributed by atoms with Gasteiger partial charge in [0.15, 0.2) is 11.9 Å². The number of carbonyl (C=O) groups excluding carboxylic acids is 1. The van der Waals surface area contributed by atoms with Crippen molar-refractivity contribution in [3.8, 4) is 0 Å². The molecule has 1 aliphatic rings. The predicted octanol–water partition coefficient (Wildman–Crippen LogP) is 1.08. The van der Waals surface area contributed by atoms with Crippen LogP contribution in [0.2, 0.25) is 0 Å². The summed E-state index contributed by atoms with van der Waals surface area (Å²) in [5, 5.41) is 8.92. The van der Waals surface area contributed by atoms with Gasteiger partial charge < -0.3 is 19.2 Å². The largest absolute Gasteiger partial charge is 0.479 e. The lowest BCUT2D eigenvalue weighted by Gasteiger charge is -2.30. The third kappa shape index (κ3) is 2.78. The van der Waals surface area contributed by atoms with Gasteiger partial charge in [0.25, 0.3) is 5.91 Å². The molecule has 1 fully saturated rings. The lowest BCUT2D eigenvalue weighted by molar-refractivity contribution is -0.154. The Balaban J connectivity index is 2.14. The summed E-state index contributed by atoms with van der Waals surface area (Å²) in [6.07, 6.45) is -0.242. The number of ether oxygens (including phenoxy) is 1. The highest BCUT2D eigenvalue weighted by Crippen LogP contribution is 2.18. The van der Waals surface area contributed by atoms with Crippen LogP contribution in [0, 0.1) is 6.92 Å². The van der Waals surface area contributed by atoms with Crippen LogP contribution in [0.4, 0.5) is 0 Å². The second kappa shape index (κ2) is 5.44. The summed E-state index contributed by atoms with van der Waals surface area (Å²) in [7, 11) is 0. The van der Waals surface area contributed by atoms with Crippen molar-refractivity contribution in [3.05, 3.63) is 23.2 Å². The first-order chi connectivity index (χ1) is 9.02. The highest BCUT2D eigenvalue weighted by molar-refractivity contribution is 5.93. The lowest BCUT2D eigenvalue weighted by Crippen LogP contribution is -2.48. The molecule has 0 spiro atoms. The van der Waals surface area contributed by atoms with E-state index in [9.17, 15) is 9.59 Å². The van der Waals surface area contributed by atoms with E-state index in [1.165, 1.54) is 4.90 Å². The van der Waals surface area contributed by atoms with Crippen molar-refractivity contribution >= 4 is 11.9 Å². The molecule has 6 heteroatoms. The van der Waals surface area contributed by atoms with E-state index < -0.39 is 12.1 Å². The lowest BCUT2D eigenvalue weighted by atomic mass is 10.2. The monoisotopic (exact) mass is 267 g/mol. The number of hydrogen-bond acceptors (Lipinski definition) is 4. The molecule has 19 heavy (non-hydrogen) atoms. The first-order valence-electron chi connectivity index (χ1n) is 6.26. The molecule has 6 nitrogen and oxygen atoms in total. The van der Waals surface area contributed by atoms with E-state index in [0.717, 1.165) is 17.7 Å². The highest BCUT2D eigenvalue weighted by Gasteiger charge is 2.31. The Morgan fingerprint density at radius 2 is 2.26 bits per heavy atom. The van der Waals surface area contributed by atoms with E-state index in [-0.39, 0.29) is 19.1 Å². The van der Waals surface area contributed by atoms with Crippen LogP contribution in [-0.4, -0.2) is 47.7 Å². The number of aryl methyl sites for hydroxylation is 2. The van der Waals surface area contributed by atoms with Gasteiger partial charge in [-0.15, -0.1) is 0 Å². The van der Waals surface area contributed by atoms with E-state index in [0.29, 0.717) is 12.3 Å². The van der Waals surface area contributed by atoms with Crippen molar-refractivity contribution in [1.82, 2.24) is 4.90 Å². The van der Waals surface area contributed by atoms with Crippen LogP contribution < -0.4 is 0 Å². The predicted molar refractivity (Wildman–Crippen MR) is 66.1 cm³/mol. The minimum atomic E-state index is -1.05. The number of carboxylic acids is 1. The highest BCUT2D eigenvalue weighted by atomic mass is 16.5. The minimum absolute atomic E-state index is 0.0514. The molecule has 0 saturated carbocycles. The van der Waals surface area contributed by atoms with Crippen LogP contribution in [0.5, 0.6) is 0 Å². The number of carboxylic acid groups (broad SMARTS) is 1. The molecule has 0 aliphatic carbocycles. The second-order valence-electron chi connectivity index (χ2n) is 4.53. The topological polar surface area (TPSA) is 80.0 Å². The average Bonchev–Trinajstić information content (AvgIpc) is 2.79. The molecule has 0 aromatic carbocycles. The minimum Gasteiger partial charge on any atom is -0.479 e. The number of nitrogens with zero attached hydrogens (tertiary/aromatic N) is 1. The number of aliphatic carboxylic acids is 1. The molecule has 104 valence electrons. The standard InChI is InChI=1S/C13H17NO5/c1-3-9-6-8(2)11(19-9)12(15)14-4-5-18-10(7-14)13(16)17/h6,10H,3-5,7H2,1-2H3,(H,16,17). The van der Waals surface area contributed by atoms with Gasteiger partial charge in [0, 0.05) is 18.5 Å². The molecule has 1 saturated heterocycles. The van der Waals surface area contributed by atoms with Gasteiger partial charge in [-0.3, -0.25) is 4.79 Å². The Labute approximate surface area is 110 Å². The Hall–Kier alpha value is -1.82. The fourth-order valence-corrected chi connectivity index (χ4v) is 2.06. The molecule has 0 radical (unpaired) electrons. The van der Waals surface area contributed by atoms with Crippen molar-refractivity contribution in [1.29, 1.82) is 0 Å². The molecule has 1 aromatic rings. The van der Waals surface area contributed by atoms with Gasteiger partial charge in [0.2, 0.25) is 0 Å².